The number of rotatable bonds is 4. The van der Waals surface area contributed by atoms with Crippen molar-refractivity contribution in [2.75, 3.05) is 19.8 Å². The SMILES string of the molecule is CC(C)n1ncc(Br)c1C(C)(F)CC1COCCN1. The highest BCUT2D eigenvalue weighted by Crippen LogP contribution is 2.37. The van der Waals surface area contributed by atoms with Gasteiger partial charge in [0.15, 0.2) is 5.67 Å². The molecular weight excluding hydrogens is 313 g/mol. The van der Waals surface area contributed by atoms with Crippen molar-refractivity contribution < 1.29 is 9.13 Å². The third-order valence-corrected chi connectivity index (χ3v) is 3.94. The van der Waals surface area contributed by atoms with Gasteiger partial charge in [-0.25, -0.2) is 4.39 Å². The predicted molar refractivity (Wildman–Crippen MR) is 76.0 cm³/mol. The third kappa shape index (κ3) is 3.35. The van der Waals surface area contributed by atoms with Crippen molar-refractivity contribution in [2.45, 2.75) is 44.9 Å². The zero-order chi connectivity index (χ0) is 14.0. The number of hydrogen-bond acceptors (Lipinski definition) is 3. The lowest BCUT2D eigenvalue weighted by Crippen LogP contribution is -2.44. The quantitative estimate of drug-likeness (QED) is 0.920. The largest absolute Gasteiger partial charge is 0.379 e. The Morgan fingerprint density at radius 3 is 3.00 bits per heavy atom. The number of alkyl halides is 1. The minimum absolute atomic E-state index is 0.0474. The van der Waals surface area contributed by atoms with E-state index in [1.54, 1.807) is 17.8 Å². The average Bonchev–Trinajstić information content (AvgIpc) is 2.73. The molecule has 2 atom stereocenters. The molecule has 1 aromatic heterocycles. The van der Waals surface area contributed by atoms with Gasteiger partial charge in [-0.05, 0) is 36.7 Å². The maximum atomic E-state index is 15.1. The number of nitrogens with one attached hydrogen (secondary N) is 1. The van der Waals surface area contributed by atoms with E-state index in [4.69, 9.17) is 4.74 Å². The van der Waals surface area contributed by atoms with E-state index in [1.807, 2.05) is 13.8 Å². The minimum atomic E-state index is -1.45. The lowest BCUT2D eigenvalue weighted by Gasteiger charge is -2.31. The van der Waals surface area contributed by atoms with Crippen LogP contribution in [0.5, 0.6) is 0 Å². The van der Waals surface area contributed by atoms with Crippen LogP contribution in [0, 0.1) is 0 Å². The summed E-state index contributed by atoms with van der Waals surface area (Å²) < 4.78 is 23.0. The summed E-state index contributed by atoms with van der Waals surface area (Å²) in [6, 6.07) is 0.179. The van der Waals surface area contributed by atoms with Crippen LogP contribution in [0.2, 0.25) is 0 Å². The molecule has 0 amide bonds. The van der Waals surface area contributed by atoms with Crippen molar-refractivity contribution in [3.05, 3.63) is 16.4 Å². The molecule has 0 spiro atoms. The molecule has 1 aliphatic heterocycles. The predicted octanol–water partition coefficient (Wildman–Crippen LogP) is 2.79. The monoisotopic (exact) mass is 333 g/mol. The summed E-state index contributed by atoms with van der Waals surface area (Å²) in [4.78, 5) is 0. The molecule has 1 N–H and O–H groups in total. The minimum Gasteiger partial charge on any atom is -0.379 e. The first-order valence-electron chi connectivity index (χ1n) is 6.65. The Kier molecular flexibility index (Phi) is 4.63. The molecule has 2 rings (SSSR count). The van der Waals surface area contributed by atoms with Gasteiger partial charge in [-0.1, -0.05) is 0 Å². The fourth-order valence-electron chi connectivity index (χ4n) is 2.53. The lowest BCUT2D eigenvalue weighted by atomic mass is 9.94. The summed E-state index contributed by atoms with van der Waals surface area (Å²) in [5.41, 5.74) is -0.840. The third-order valence-electron chi connectivity index (χ3n) is 3.36. The van der Waals surface area contributed by atoms with Crippen LogP contribution in [0.4, 0.5) is 4.39 Å². The van der Waals surface area contributed by atoms with Gasteiger partial charge in [0, 0.05) is 25.0 Å². The molecule has 0 saturated carbocycles. The second kappa shape index (κ2) is 5.89. The van der Waals surface area contributed by atoms with Gasteiger partial charge >= 0.3 is 0 Å². The highest BCUT2D eigenvalue weighted by atomic mass is 79.9. The van der Waals surface area contributed by atoms with E-state index in [9.17, 15) is 0 Å². The smallest absolute Gasteiger partial charge is 0.152 e. The molecule has 2 unspecified atom stereocenters. The molecule has 1 aromatic rings. The normalized spacial score (nSPS) is 23.6. The Hall–Kier alpha value is -0.460. The van der Waals surface area contributed by atoms with E-state index in [0.717, 1.165) is 11.0 Å². The fourth-order valence-corrected chi connectivity index (χ4v) is 3.22. The van der Waals surface area contributed by atoms with Gasteiger partial charge in [0.25, 0.3) is 0 Å². The van der Waals surface area contributed by atoms with Crippen LogP contribution >= 0.6 is 15.9 Å². The molecule has 19 heavy (non-hydrogen) atoms. The van der Waals surface area contributed by atoms with Crippen LogP contribution in [0.25, 0.3) is 0 Å². The first-order chi connectivity index (χ1) is 8.92. The van der Waals surface area contributed by atoms with Crippen molar-refractivity contribution >= 4 is 15.9 Å². The van der Waals surface area contributed by atoms with Crippen molar-refractivity contribution in [1.29, 1.82) is 0 Å². The summed E-state index contributed by atoms with van der Waals surface area (Å²) in [6.07, 6.45) is 2.04. The van der Waals surface area contributed by atoms with E-state index >= 15 is 4.39 Å². The van der Waals surface area contributed by atoms with Crippen molar-refractivity contribution in [3.8, 4) is 0 Å². The van der Waals surface area contributed by atoms with E-state index < -0.39 is 5.67 Å². The molecule has 4 nitrogen and oxygen atoms in total. The van der Waals surface area contributed by atoms with Crippen LogP contribution in [0.3, 0.4) is 0 Å². The Balaban J connectivity index is 2.20. The van der Waals surface area contributed by atoms with Crippen LogP contribution in [0.1, 0.15) is 38.9 Å². The number of halogens is 2. The maximum absolute atomic E-state index is 15.1. The molecule has 108 valence electrons. The summed E-state index contributed by atoms with van der Waals surface area (Å²) in [5.74, 6) is 0. The number of ether oxygens (including phenoxy) is 1. The topological polar surface area (TPSA) is 39.1 Å². The first kappa shape index (κ1) is 14.9. The second-order valence-corrected chi connectivity index (χ2v) is 6.36. The fraction of sp³-hybridized carbons (Fsp3) is 0.769. The summed E-state index contributed by atoms with van der Waals surface area (Å²) in [5, 5.41) is 7.55. The van der Waals surface area contributed by atoms with Gasteiger partial charge in [-0.3, -0.25) is 4.68 Å². The molecule has 6 heteroatoms. The van der Waals surface area contributed by atoms with Gasteiger partial charge in [-0.15, -0.1) is 0 Å². The maximum Gasteiger partial charge on any atom is 0.152 e. The van der Waals surface area contributed by atoms with Gasteiger partial charge in [-0.2, -0.15) is 5.10 Å². The molecule has 1 aliphatic rings. The van der Waals surface area contributed by atoms with E-state index in [-0.39, 0.29) is 12.1 Å². The van der Waals surface area contributed by atoms with Crippen molar-refractivity contribution in [3.63, 3.8) is 0 Å². The van der Waals surface area contributed by atoms with Crippen molar-refractivity contribution in [1.82, 2.24) is 15.1 Å². The van der Waals surface area contributed by atoms with E-state index in [1.165, 1.54) is 0 Å². The second-order valence-electron chi connectivity index (χ2n) is 5.51. The van der Waals surface area contributed by atoms with Gasteiger partial charge < -0.3 is 10.1 Å². The zero-order valence-corrected chi connectivity index (χ0v) is 13.2. The average molecular weight is 334 g/mol. The Morgan fingerprint density at radius 1 is 1.68 bits per heavy atom. The Bertz CT molecular complexity index is 428. The highest BCUT2D eigenvalue weighted by Gasteiger charge is 2.36. The van der Waals surface area contributed by atoms with Gasteiger partial charge in [0.05, 0.1) is 29.6 Å². The number of aromatic nitrogens is 2. The Labute approximate surface area is 121 Å². The van der Waals surface area contributed by atoms with Crippen molar-refractivity contribution in [2.24, 2.45) is 0 Å². The summed E-state index contributed by atoms with van der Waals surface area (Å²) >= 11 is 3.41. The van der Waals surface area contributed by atoms with Crippen LogP contribution in [0.15, 0.2) is 10.7 Å². The van der Waals surface area contributed by atoms with Gasteiger partial charge in [0.1, 0.15) is 0 Å². The number of morpholine rings is 1. The van der Waals surface area contributed by atoms with Crippen LogP contribution < -0.4 is 5.32 Å². The zero-order valence-electron chi connectivity index (χ0n) is 11.6. The van der Waals surface area contributed by atoms with E-state index in [0.29, 0.717) is 25.3 Å². The highest BCUT2D eigenvalue weighted by molar-refractivity contribution is 9.10. The number of nitrogens with zero attached hydrogens (tertiary/aromatic N) is 2. The van der Waals surface area contributed by atoms with Crippen LogP contribution in [-0.2, 0) is 10.4 Å². The molecule has 0 radical (unpaired) electrons. The Morgan fingerprint density at radius 2 is 2.42 bits per heavy atom. The van der Waals surface area contributed by atoms with E-state index in [2.05, 4.69) is 26.3 Å². The summed E-state index contributed by atoms with van der Waals surface area (Å²) in [7, 11) is 0. The standard InChI is InChI=1S/C13H21BrFN3O/c1-9(2)18-12(11(14)7-17-18)13(3,15)6-10-8-19-5-4-16-10/h7,9-10,16H,4-6,8H2,1-3H3. The first-order valence-corrected chi connectivity index (χ1v) is 7.44. The molecule has 0 aliphatic carbocycles. The molecule has 1 fully saturated rings. The molecule has 0 bridgehead atoms. The number of hydrogen-bond donors (Lipinski definition) is 1. The molecule has 1 saturated heterocycles. The lowest BCUT2D eigenvalue weighted by molar-refractivity contribution is 0.0443. The molecule has 2 heterocycles. The van der Waals surface area contributed by atoms with Crippen LogP contribution in [-0.4, -0.2) is 35.6 Å². The molecular formula is C13H21BrFN3O. The molecule has 0 aromatic carbocycles. The summed E-state index contributed by atoms with van der Waals surface area (Å²) in [6.45, 7) is 7.66. The van der Waals surface area contributed by atoms with Gasteiger partial charge in [0.2, 0.25) is 0 Å².